The first-order valence-corrected chi connectivity index (χ1v) is 11.5. The van der Waals surface area contributed by atoms with Gasteiger partial charge in [0.15, 0.2) is 0 Å². The third-order valence-electron chi connectivity index (χ3n) is 5.58. The number of thiophene rings is 1. The fraction of sp³-hybridized carbons (Fsp3) is 0.500. The van der Waals surface area contributed by atoms with Gasteiger partial charge in [-0.1, -0.05) is 32.4 Å². The average Bonchev–Trinajstić information content (AvgIpc) is 3.50. The van der Waals surface area contributed by atoms with Gasteiger partial charge in [0, 0.05) is 28.8 Å². The van der Waals surface area contributed by atoms with Crippen LogP contribution < -0.4 is 0 Å². The number of nitrogens with zero attached hydrogens (tertiary/aromatic N) is 2. The summed E-state index contributed by atoms with van der Waals surface area (Å²) in [6.45, 7) is 7.86. The molecule has 1 aromatic carbocycles. The Labute approximate surface area is 182 Å². The van der Waals surface area contributed by atoms with Crippen LogP contribution in [0.4, 0.5) is 4.39 Å². The van der Waals surface area contributed by atoms with E-state index in [1.165, 1.54) is 17.0 Å². The maximum absolute atomic E-state index is 13.3. The van der Waals surface area contributed by atoms with Gasteiger partial charge in [0.1, 0.15) is 5.82 Å². The van der Waals surface area contributed by atoms with Crippen LogP contribution in [0, 0.1) is 24.6 Å². The number of carbonyl (C=O) groups excluding carboxylic acids is 2. The molecule has 0 radical (unpaired) electrons. The van der Waals surface area contributed by atoms with Gasteiger partial charge in [0.25, 0.3) is 0 Å². The van der Waals surface area contributed by atoms with Crippen LogP contribution in [-0.2, 0) is 22.7 Å². The number of benzene rings is 1. The largest absolute Gasteiger partial charge is 0.333 e. The van der Waals surface area contributed by atoms with Crippen molar-refractivity contribution in [1.29, 1.82) is 0 Å². The maximum Gasteiger partial charge on any atom is 0.242 e. The summed E-state index contributed by atoms with van der Waals surface area (Å²) in [6.07, 6.45) is 2.83. The average molecular weight is 431 g/mol. The van der Waals surface area contributed by atoms with Crippen molar-refractivity contribution in [2.75, 3.05) is 13.1 Å². The monoisotopic (exact) mass is 430 g/mol. The second-order valence-electron chi connectivity index (χ2n) is 8.40. The van der Waals surface area contributed by atoms with E-state index in [-0.39, 0.29) is 30.1 Å². The zero-order valence-corrected chi connectivity index (χ0v) is 18.9. The Bertz CT molecular complexity index is 860. The lowest BCUT2D eigenvalue weighted by Crippen LogP contribution is -2.44. The molecule has 2 aromatic rings. The Kier molecular flexibility index (Phi) is 7.64. The molecule has 2 amide bonds. The molecule has 4 nitrogen and oxygen atoms in total. The zero-order valence-electron chi connectivity index (χ0n) is 18.1. The third kappa shape index (κ3) is 6.39. The molecule has 6 heteroatoms. The fourth-order valence-electron chi connectivity index (χ4n) is 3.39. The number of carbonyl (C=O) groups is 2. The Morgan fingerprint density at radius 2 is 1.80 bits per heavy atom. The smallest absolute Gasteiger partial charge is 0.242 e. The maximum atomic E-state index is 13.3. The minimum Gasteiger partial charge on any atom is -0.333 e. The van der Waals surface area contributed by atoms with Crippen LogP contribution in [0.2, 0.25) is 0 Å². The normalized spacial score (nSPS) is 14.4. The highest BCUT2D eigenvalue weighted by molar-refractivity contribution is 7.11. The summed E-state index contributed by atoms with van der Waals surface area (Å²) in [6, 6.07) is 10.3. The van der Waals surface area contributed by atoms with E-state index in [0.29, 0.717) is 25.6 Å². The Morgan fingerprint density at radius 1 is 1.10 bits per heavy atom. The summed E-state index contributed by atoms with van der Waals surface area (Å²) in [5, 5.41) is 0. The molecule has 1 saturated carbocycles. The van der Waals surface area contributed by atoms with Gasteiger partial charge < -0.3 is 9.80 Å². The number of hydrogen-bond acceptors (Lipinski definition) is 3. The molecule has 0 aliphatic heterocycles. The zero-order chi connectivity index (χ0) is 21.7. The van der Waals surface area contributed by atoms with Crippen molar-refractivity contribution < 1.29 is 14.0 Å². The first-order chi connectivity index (χ1) is 14.4. The van der Waals surface area contributed by atoms with Crippen LogP contribution in [0.15, 0.2) is 36.4 Å². The molecule has 162 valence electrons. The van der Waals surface area contributed by atoms with Gasteiger partial charge in [-0.2, -0.15) is 0 Å². The van der Waals surface area contributed by atoms with Crippen molar-refractivity contribution in [1.82, 2.24) is 9.80 Å². The van der Waals surface area contributed by atoms with Crippen molar-refractivity contribution in [3.05, 3.63) is 57.5 Å². The SMILES string of the molecule is CC[C@@H](C)CN(CC(=O)N(Cc1ccc(F)cc1)Cc1ccc(C)s1)C(=O)C1CC1. The van der Waals surface area contributed by atoms with E-state index in [4.69, 9.17) is 0 Å². The summed E-state index contributed by atoms with van der Waals surface area (Å²) in [5.41, 5.74) is 0.875. The quantitative estimate of drug-likeness (QED) is 0.532. The second-order valence-corrected chi connectivity index (χ2v) is 9.77. The van der Waals surface area contributed by atoms with Gasteiger partial charge in [0.05, 0.1) is 13.1 Å². The molecule has 1 aromatic heterocycles. The van der Waals surface area contributed by atoms with Crippen molar-refractivity contribution >= 4 is 23.2 Å². The molecule has 1 aliphatic rings. The van der Waals surface area contributed by atoms with Gasteiger partial charge >= 0.3 is 0 Å². The van der Waals surface area contributed by atoms with Crippen LogP contribution in [0.1, 0.15) is 48.4 Å². The van der Waals surface area contributed by atoms with E-state index in [9.17, 15) is 14.0 Å². The van der Waals surface area contributed by atoms with Crippen LogP contribution in [0.25, 0.3) is 0 Å². The predicted octanol–water partition coefficient (Wildman–Crippen LogP) is 5.01. The molecule has 3 rings (SSSR count). The van der Waals surface area contributed by atoms with Gasteiger partial charge in [-0.15, -0.1) is 11.3 Å². The van der Waals surface area contributed by atoms with Crippen molar-refractivity contribution in [2.45, 2.75) is 53.1 Å². The molecule has 1 aliphatic carbocycles. The lowest BCUT2D eigenvalue weighted by Gasteiger charge is -2.29. The summed E-state index contributed by atoms with van der Waals surface area (Å²) in [5.74, 6) is 0.193. The third-order valence-corrected chi connectivity index (χ3v) is 6.56. The minimum absolute atomic E-state index is 0.0670. The number of hydrogen-bond donors (Lipinski definition) is 0. The first kappa shape index (κ1) is 22.5. The van der Waals surface area contributed by atoms with E-state index in [1.807, 2.05) is 19.1 Å². The van der Waals surface area contributed by atoms with Crippen LogP contribution in [0.5, 0.6) is 0 Å². The molecular formula is C24H31FN2O2S. The molecule has 1 fully saturated rings. The number of rotatable bonds is 10. The van der Waals surface area contributed by atoms with E-state index in [2.05, 4.69) is 13.8 Å². The predicted molar refractivity (Wildman–Crippen MR) is 118 cm³/mol. The van der Waals surface area contributed by atoms with Crippen molar-refractivity contribution in [3.8, 4) is 0 Å². The van der Waals surface area contributed by atoms with Crippen LogP contribution in [-0.4, -0.2) is 34.7 Å². The molecule has 0 N–H and O–H groups in total. The Morgan fingerprint density at radius 3 is 2.37 bits per heavy atom. The second kappa shape index (κ2) is 10.2. The molecule has 1 heterocycles. The first-order valence-electron chi connectivity index (χ1n) is 10.7. The van der Waals surface area contributed by atoms with Gasteiger partial charge in [-0.05, 0) is 55.5 Å². The molecular weight excluding hydrogens is 399 g/mol. The molecule has 0 bridgehead atoms. The van der Waals surface area contributed by atoms with E-state index in [1.54, 1.807) is 33.3 Å². The topological polar surface area (TPSA) is 40.6 Å². The Balaban J connectivity index is 1.75. The van der Waals surface area contributed by atoms with E-state index < -0.39 is 0 Å². The van der Waals surface area contributed by atoms with Crippen molar-refractivity contribution in [2.24, 2.45) is 11.8 Å². The van der Waals surface area contributed by atoms with Crippen LogP contribution in [0.3, 0.4) is 0 Å². The minimum atomic E-state index is -0.291. The van der Waals surface area contributed by atoms with Gasteiger partial charge in [-0.25, -0.2) is 4.39 Å². The van der Waals surface area contributed by atoms with E-state index in [0.717, 1.165) is 29.7 Å². The summed E-state index contributed by atoms with van der Waals surface area (Å²) < 4.78 is 13.3. The van der Waals surface area contributed by atoms with Gasteiger partial charge in [-0.3, -0.25) is 9.59 Å². The summed E-state index contributed by atoms with van der Waals surface area (Å²) >= 11 is 1.67. The highest BCUT2D eigenvalue weighted by Crippen LogP contribution is 2.31. The lowest BCUT2D eigenvalue weighted by atomic mass is 10.1. The molecule has 0 saturated heterocycles. The summed E-state index contributed by atoms with van der Waals surface area (Å²) in [4.78, 5) is 31.9. The van der Waals surface area contributed by atoms with Gasteiger partial charge in [0.2, 0.25) is 11.8 Å². The van der Waals surface area contributed by atoms with E-state index >= 15 is 0 Å². The molecule has 0 unspecified atom stereocenters. The highest BCUT2D eigenvalue weighted by atomic mass is 32.1. The highest BCUT2D eigenvalue weighted by Gasteiger charge is 2.35. The Hall–Kier alpha value is -2.21. The van der Waals surface area contributed by atoms with Crippen molar-refractivity contribution in [3.63, 3.8) is 0 Å². The number of aryl methyl sites for hydroxylation is 1. The van der Waals surface area contributed by atoms with Crippen LogP contribution >= 0.6 is 11.3 Å². The summed E-state index contributed by atoms with van der Waals surface area (Å²) in [7, 11) is 0. The number of amides is 2. The standard InChI is InChI=1S/C24H31FN2O2S/c1-4-17(2)13-27(24(29)20-8-9-20)16-23(28)26(15-22-12-5-18(3)30-22)14-19-6-10-21(25)11-7-19/h5-7,10-12,17,20H,4,8-9,13-16H2,1-3H3/t17-/m1/s1. The molecule has 30 heavy (non-hydrogen) atoms. The molecule has 0 spiro atoms. The number of halogens is 1. The lowest BCUT2D eigenvalue weighted by molar-refractivity contribution is -0.142. The fourth-order valence-corrected chi connectivity index (χ4v) is 4.30. The molecule has 1 atom stereocenters.